The molecule has 1 aliphatic carbocycles. The number of hydrogen-bond acceptors (Lipinski definition) is 6. The number of benzene rings is 1. The molecule has 2 heterocycles. The smallest absolute Gasteiger partial charge is 0.315 e. The van der Waals surface area contributed by atoms with Gasteiger partial charge in [-0.05, 0) is 66.0 Å². The molecule has 1 fully saturated rings. The van der Waals surface area contributed by atoms with E-state index in [-0.39, 0.29) is 61.6 Å². The van der Waals surface area contributed by atoms with Gasteiger partial charge in [0.2, 0.25) is 5.91 Å². The largest absolute Gasteiger partial charge is 0.512 e. The third kappa shape index (κ3) is 6.41. The van der Waals surface area contributed by atoms with E-state index in [9.17, 15) is 19.5 Å². The predicted octanol–water partition coefficient (Wildman–Crippen LogP) is 7.31. The summed E-state index contributed by atoms with van der Waals surface area (Å²) in [5.41, 5.74) is -0.296. The van der Waals surface area contributed by atoms with Gasteiger partial charge in [0, 0.05) is 11.9 Å². The van der Waals surface area contributed by atoms with Gasteiger partial charge in [-0.15, -0.1) is 0 Å². The van der Waals surface area contributed by atoms with E-state index in [1.165, 1.54) is 13.8 Å². The van der Waals surface area contributed by atoms with Crippen molar-refractivity contribution in [3.63, 3.8) is 0 Å². The summed E-state index contributed by atoms with van der Waals surface area (Å²) in [6.07, 6.45) is 1.75. The molecule has 0 spiro atoms. The van der Waals surface area contributed by atoms with Crippen molar-refractivity contribution in [1.82, 2.24) is 9.38 Å². The van der Waals surface area contributed by atoms with Crippen LogP contribution in [0.1, 0.15) is 75.2 Å². The van der Waals surface area contributed by atoms with Crippen LogP contribution in [0.3, 0.4) is 0 Å². The van der Waals surface area contributed by atoms with Crippen molar-refractivity contribution in [2.75, 3.05) is 5.32 Å². The molecule has 0 bridgehead atoms. The van der Waals surface area contributed by atoms with E-state index in [2.05, 4.69) is 58.8 Å². The van der Waals surface area contributed by atoms with Gasteiger partial charge >= 0.3 is 5.97 Å². The summed E-state index contributed by atoms with van der Waals surface area (Å²) in [5, 5.41) is 13.1. The monoisotopic (exact) mass is 629 g/mol. The molecule has 1 amide bonds. The third-order valence-corrected chi connectivity index (χ3v) is 9.19. The topological polar surface area (TPSA) is 110 Å². The van der Waals surface area contributed by atoms with Gasteiger partial charge in [-0.3, -0.25) is 14.4 Å². The molecule has 0 aliphatic heterocycles. The van der Waals surface area contributed by atoms with Crippen LogP contribution in [0, 0.1) is 34.5 Å². The number of nitrogens with zero attached hydrogens (tertiary/aromatic N) is 2. The molecular formula is C33H41Cl2N3O5. The Bertz CT molecular complexity index is 1660. The number of halogens is 2. The zero-order chi connectivity index (χ0) is 32.2. The maximum atomic E-state index is 14.5. The number of hydrogen-bond donors (Lipinski definition) is 2. The van der Waals surface area contributed by atoms with Crippen molar-refractivity contribution < 1.29 is 19.4 Å². The van der Waals surface area contributed by atoms with Crippen molar-refractivity contribution in [2.45, 2.75) is 75.2 Å². The average molecular weight is 631 g/mol. The van der Waals surface area contributed by atoms with Crippen LogP contribution in [-0.4, -0.2) is 26.4 Å². The second-order valence-electron chi connectivity index (χ2n) is 14.0. The highest BCUT2D eigenvalue weighted by molar-refractivity contribution is 6.34. The quantitative estimate of drug-likeness (QED) is 0.293. The van der Waals surface area contributed by atoms with Crippen molar-refractivity contribution >= 4 is 52.3 Å². The summed E-state index contributed by atoms with van der Waals surface area (Å²) >= 11 is 13.1. The Kier molecular flexibility index (Phi) is 8.98. The zero-order valence-corrected chi connectivity index (χ0v) is 27.8. The van der Waals surface area contributed by atoms with Crippen LogP contribution < -0.4 is 20.8 Å². The van der Waals surface area contributed by atoms with Gasteiger partial charge in [0.05, 0.1) is 11.5 Å². The second-order valence-corrected chi connectivity index (χ2v) is 14.8. The molecule has 0 radical (unpaired) electrons. The number of aliphatic hydroxyl groups is 1. The van der Waals surface area contributed by atoms with Crippen LogP contribution >= 0.6 is 23.2 Å². The number of fused-ring (bicyclic) bond motifs is 1. The number of esters is 1. The molecule has 232 valence electrons. The van der Waals surface area contributed by atoms with Crippen LogP contribution in [-0.2, 0) is 9.59 Å². The third-order valence-electron chi connectivity index (χ3n) is 8.58. The maximum absolute atomic E-state index is 14.5. The summed E-state index contributed by atoms with van der Waals surface area (Å²) in [6, 6.07) is 6.75. The second kappa shape index (κ2) is 11.8. The molecule has 2 atom stereocenters. The van der Waals surface area contributed by atoms with Crippen molar-refractivity contribution in [3.8, 4) is 16.9 Å². The van der Waals surface area contributed by atoms with Crippen LogP contribution in [0.5, 0.6) is 5.75 Å². The van der Waals surface area contributed by atoms with Crippen molar-refractivity contribution in [1.29, 1.82) is 0 Å². The molecule has 2 N–H and O–H groups in total. The SMILES string of the molecule is CC(=O)Nc1nc2c(OC(=O)C3C(C(C)(C)C)CC(C)CC3C(C)(C)C)c(-c3ccc(Cl)cc3)c(Cl)n2c(=O)/c1=C(/C)O. The Morgan fingerprint density at radius 2 is 1.53 bits per heavy atom. The molecule has 2 unspecified atom stereocenters. The standard InChI is InChI=1S/C33H41Cl2N3O5/c1-16-14-21(32(4,5)6)25(22(15-16)33(7,8)9)31(42)43-26-24(19-10-12-20(34)13-11-19)27(35)38-29(26)37-28(36-18(3)40)23(17(2)39)30(38)41/h10-13,16,21-22,25,39H,14-15H2,1-9H3,(H,36,37,40)/b23-17-. The Labute approximate surface area is 262 Å². The maximum Gasteiger partial charge on any atom is 0.315 e. The summed E-state index contributed by atoms with van der Waals surface area (Å²) in [4.78, 5) is 44.8. The number of amides is 1. The number of carbonyl (C=O) groups excluding carboxylic acids is 2. The summed E-state index contributed by atoms with van der Waals surface area (Å²) < 4.78 is 7.44. The molecule has 4 rings (SSSR count). The van der Waals surface area contributed by atoms with Gasteiger partial charge in [0.15, 0.2) is 17.2 Å². The van der Waals surface area contributed by atoms with Crippen molar-refractivity contribution in [2.24, 2.45) is 34.5 Å². The fourth-order valence-electron chi connectivity index (χ4n) is 6.54. The van der Waals surface area contributed by atoms with Gasteiger partial charge in [0.25, 0.3) is 5.56 Å². The van der Waals surface area contributed by atoms with Crippen LogP contribution in [0.15, 0.2) is 29.1 Å². The Balaban J connectivity index is 2.03. The molecular weight excluding hydrogens is 589 g/mol. The first-order valence-electron chi connectivity index (χ1n) is 14.6. The minimum atomic E-state index is -0.720. The lowest BCUT2D eigenvalue weighted by molar-refractivity contribution is -0.152. The van der Waals surface area contributed by atoms with Crippen LogP contribution in [0.2, 0.25) is 10.2 Å². The lowest BCUT2D eigenvalue weighted by Gasteiger charge is -2.49. The number of aromatic nitrogens is 2. The molecule has 1 aromatic carbocycles. The van der Waals surface area contributed by atoms with Gasteiger partial charge in [0.1, 0.15) is 16.1 Å². The Hall–Kier alpha value is -3.10. The van der Waals surface area contributed by atoms with E-state index in [0.29, 0.717) is 16.5 Å². The van der Waals surface area contributed by atoms with E-state index < -0.39 is 23.4 Å². The first kappa shape index (κ1) is 32.8. The molecule has 2 aromatic heterocycles. The number of anilines is 1. The number of rotatable bonds is 4. The normalized spacial score (nSPS) is 21.9. The fourth-order valence-corrected chi connectivity index (χ4v) is 7.02. The first-order valence-corrected chi connectivity index (χ1v) is 15.3. The van der Waals surface area contributed by atoms with Crippen LogP contribution in [0.25, 0.3) is 22.5 Å². The molecule has 10 heteroatoms. The zero-order valence-electron chi connectivity index (χ0n) is 26.3. The minimum Gasteiger partial charge on any atom is -0.512 e. The molecule has 0 saturated heterocycles. The van der Waals surface area contributed by atoms with E-state index in [1.54, 1.807) is 24.3 Å². The highest BCUT2D eigenvalue weighted by Gasteiger charge is 2.50. The van der Waals surface area contributed by atoms with Gasteiger partial charge in [-0.25, -0.2) is 9.38 Å². The average Bonchev–Trinajstić information content (AvgIpc) is 3.13. The number of carbonyl (C=O) groups is 2. The minimum absolute atomic E-state index is 0.00195. The predicted molar refractivity (Wildman–Crippen MR) is 172 cm³/mol. The summed E-state index contributed by atoms with van der Waals surface area (Å²) in [5.74, 6) is -1.35. The van der Waals surface area contributed by atoms with Crippen LogP contribution in [0.4, 0.5) is 5.82 Å². The lowest BCUT2D eigenvalue weighted by Crippen LogP contribution is -2.48. The van der Waals surface area contributed by atoms with E-state index >= 15 is 0 Å². The van der Waals surface area contributed by atoms with Gasteiger partial charge in [-0.1, -0.05) is 83.8 Å². The number of nitrogens with one attached hydrogen (secondary N) is 1. The molecule has 8 nitrogen and oxygen atoms in total. The fraction of sp³-hybridized carbons (Fsp3) is 0.515. The number of aliphatic hydroxyl groups excluding tert-OH is 1. The first-order chi connectivity index (χ1) is 19.8. The molecule has 1 saturated carbocycles. The van der Waals surface area contributed by atoms with Crippen molar-refractivity contribution in [3.05, 3.63) is 50.0 Å². The van der Waals surface area contributed by atoms with Gasteiger partial charge in [-0.2, -0.15) is 0 Å². The van der Waals surface area contributed by atoms with E-state index in [4.69, 9.17) is 27.9 Å². The molecule has 3 aromatic rings. The van der Waals surface area contributed by atoms with E-state index in [1.807, 2.05) is 0 Å². The number of ether oxygens (including phenoxy) is 1. The highest BCUT2D eigenvalue weighted by Crippen LogP contribution is 2.53. The Morgan fingerprint density at radius 1 is 1.00 bits per heavy atom. The van der Waals surface area contributed by atoms with E-state index in [0.717, 1.165) is 17.2 Å². The Morgan fingerprint density at radius 3 is 2.00 bits per heavy atom. The lowest BCUT2D eigenvalue weighted by atomic mass is 9.55. The summed E-state index contributed by atoms with van der Waals surface area (Å²) in [7, 11) is 0. The highest BCUT2D eigenvalue weighted by atomic mass is 35.5. The molecule has 1 aliphatic rings. The summed E-state index contributed by atoms with van der Waals surface area (Å²) in [6.45, 7) is 17.7. The van der Waals surface area contributed by atoms with Gasteiger partial charge < -0.3 is 15.2 Å². The molecule has 43 heavy (non-hydrogen) atoms.